The summed E-state index contributed by atoms with van der Waals surface area (Å²) in [5, 5.41) is 15.5. The second kappa shape index (κ2) is 12.9. The van der Waals surface area contributed by atoms with Crippen LogP contribution < -0.4 is 14.2 Å². The Balaban J connectivity index is 1.34. The van der Waals surface area contributed by atoms with E-state index in [1.54, 1.807) is 20.3 Å². The van der Waals surface area contributed by atoms with Crippen LogP contribution in [0.2, 0.25) is 0 Å². The first kappa shape index (κ1) is 31.3. The van der Waals surface area contributed by atoms with Gasteiger partial charge >= 0.3 is 0 Å². The molecule has 2 heterocycles. The van der Waals surface area contributed by atoms with E-state index in [-0.39, 0.29) is 28.7 Å². The molecule has 1 aliphatic carbocycles. The van der Waals surface area contributed by atoms with Crippen LogP contribution in [-0.2, 0) is 40.6 Å². The summed E-state index contributed by atoms with van der Waals surface area (Å²) in [7, 11) is -0.920. The number of hydrogen-bond donors (Lipinski definition) is 2. The van der Waals surface area contributed by atoms with Gasteiger partial charge in [0.15, 0.2) is 10.7 Å². The van der Waals surface area contributed by atoms with Gasteiger partial charge in [-0.05, 0) is 86.4 Å². The maximum absolute atomic E-state index is 12.8. The number of rotatable bonds is 12. The molecule has 5 rings (SSSR count). The molecule has 0 fully saturated rings. The van der Waals surface area contributed by atoms with Crippen molar-refractivity contribution in [1.29, 1.82) is 0 Å². The van der Waals surface area contributed by atoms with Crippen LogP contribution in [0.1, 0.15) is 51.8 Å². The predicted octanol–water partition coefficient (Wildman–Crippen LogP) is 4.62. The lowest BCUT2D eigenvalue weighted by Gasteiger charge is -2.27. The summed E-state index contributed by atoms with van der Waals surface area (Å²) in [5.41, 5.74) is 5.11. The maximum Gasteiger partial charge on any atom is 0.269 e. The fourth-order valence-electron chi connectivity index (χ4n) is 6.36. The van der Waals surface area contributed by atoms with Crippen LogP contribution in [0.3, 0.4) is 0 Å². The summed E-state index contributed by atoms with van der Waals surface area (Å²) in [5.74, 6) is 0.948. The second-order valence-corrected chi connectivity index (χ2v) is 13.2. The van der Waals surface area contributed by atoms with E-state index in [1.807, 2.05) is 36.0 Å². The molecule has 234 valence electrons. The number of fused-ring (bicyclic) bond motifs is 1. The number of aliphatic hydroxyl groups is 1. The minimum atomic E-state index is -4.12. The summed E-state index contributed by atoms with van der Waals surface area (Å²) in [6.45, 7) is 5.40. The standard InChI is InChI=1S/C33H39N3O7S/c1-20-29(41-4)16-27(17-30(20)42-5)32(38)28(14-24-12-25-8-6-7-9-26(25)13-24)19-36-11-10-23(18-36)15-31(37)35-44(39,40)33-21(2)34-43-22(33)3/h6-11,16-18,24,28,32,38H,12-15,19H2,1-5H3,(H,35,37)/t28-,32+/m0/s1. The zero-order valence-electron chi connectivity index (χ0n) is 25.7. The Labute approximate surface area is 258 Å². The van der Waals surface area contributed by atoms with Crippen molar-refractivity contribution >= 4 is 15.9 Å². The molecule has 0 spiro atoms. The number of amides is 1. The molecule has 2 aromatic carbocycles. The first-order valence-electron chi connectivity index (χ1n) is 14.6. The molecule has 10 nitrogen and oxygen atoms in total. The van der Waals surface area contributed by atoms with E-state index in [4.69, 9.17) is 14.0 Å². The van der Waals surface area contributed by atoms with Gasteiger partial charge in [0, 0.05) is 30.4 Å². The monoisotopic (exact) mass is 621 g/mol. The van der Waals surface area contributed by atoms with Gasteiger partial charge in [0.1, 0.15) is 17.2 Å². The van der Waals surface area contributed by atoms with Gasteiger partial charge in [0.25, 0.3) is 10.0 Å². The highest BCUT2D eigenvalue weighted by atomic mass is 32.2. The van der Waals surface area contributed by atoms with Crippen molar-refractivity contribution in [1.82, 2.24) is 14.4 Å². The topological polar surface area (TPSA) is 133 Å². The molecule has 2 atom stereocenters. The molecule has 0 bridgehead atoms. The highest BCUT2D eigenvalue weighted by molar-refractivity contribution is 7.90. The molecular weight excluding hydrogens is 582 g/mol. The van der Waals surface area contributed by atoms with Crippen molar-refractivity contribution in [2.24, 2.45) is 11.8 Å². The lowest BCUT2D eigenvalue weighted by molar-refractivity contribution is -0.118. The average molecular weight is 622 g/mol. The van der Waals surface area contributed by atoms with E-state index in [0.717, 1.165) is 24.8 Å². The lowest BCUT2D eigenvalue weighted by atomic mass is 9.85. The normalized spacial score (nSPS) is 14.7. The molecule has 2 aromatic heterocycles. The number of aliphatic hydroxyl groups excluding tert-OH is 1. The third kappa shape index (κ3) is 6.68. The number of nitrogens with zero attached hydrogens (tertiary/aromatic N) is 2. The Hall–Kier alpha value is -4.09. The number of aromatic nitrogens is 2. The minimum Gasteiger partial charge on any atom is -0.496 e. The molecule has 4 aromatic rings. The molecule has 0 unspecified atom stereocenters. The van der Waals surface area contributed by atoms with Crippen molar-refractivity contribution in [3.63, 3.8) is 0 Å². The number of hydrogen-bond acceptors (Lipinski definition) is 8. The Morgan fingerprint density at radius 1 is 1.09 bits per heavy atom. The van der Waals surface area contributed by atoms with Crippen molar-refractivity contribution in [2.45, 2.75) is 64.0 Å². The van der Waals surface area contributed by atoms with Crippen LogP contribution in [-0.4, -0.2) is 43.4 Å². The van der Waals surface area contributed by atoms with E-state index < -0.39 is 22.0 Å². The quantitative estimate of drug-likeness (QED) is 0.234. The summed E-state index contributed by atoms with van der Waals surface area (Å²) in [6, 6.07) is 14.0. The molecule has 0 saturated heterocycles. The molecule has 2 N–H and O–H groups in total. The molecule has 0 radical (unpaired) electrons. The van der Waals surface area contributed by atoms with E-state index in [2.05, 4.69) is 34.1 Å². The van der Waals surface area contributed by atoms with Crippen LogP contribution >= 0.6 is 0 Å². The largest absolute Gasteiger partial charge is 0.496 e. The zero-order chi connectivity index (χ0) is 31.6. The highest BCUT2D eigenvalue weighted by Crippen LogP contribution is 2.39. The first-order valence-corrected chi connectivity index (χ1v) is 16.1. The smallest absolute Gasteiger partial charge is 0.269 e. The molecule has 0 saturated carbocycles. The van der Waals surface area contributed by atoms with E-state index in [9.17, 15) is 18.3 Å². The average Bonchev–Trinajstić information content (AvgIpc) is 3.69. The molecule has 44 heavy (non-hydrogen) atoms. The lowest BCUT2D eigenvalue weighted by Crippen LogP contribution is -2.32. The van der Waals surface area contributed by atoms with Gasteiger partial charge in [-0.2, -0.15) is 0 Å². The minimum absolute atomic E-state index is 0.118. The molecule has 1 aliphatic rings. The van der Waals surface area contributed by atoms with Gasteiger partial charge in [-0.25, -0.2) is 13.1 Å². The summed E-state index contributed by atoms with van der Waals surface area (Å²) in [4.78, 5) is 12.6. The van der Waals surface area contributed by atoms with E-state index >= 15 is 0 Å². The highest BCUT2D eigenvalue weighted by Gasteiger charge is 2.30. The Morgan fingerprint density at radius 3 is 2.30 bits per heavy atom. The zero-order valence-corrected chi connectivity index (χ0v) is 26.5. The Morgan fingerprint density at radius 2 is 1.73 bits per heavy atom. The van der Waals surface area contributed by atoms with Crippen molar-refractivity contribution in [3.8, 4) is 11.5 Å². The third-order valence-corrected chi connectivity index (χ3v) is 10.1. The summed E-state index contributed by atoms with van der Waals surface area (Å²) < 4.78 is 45.7. The predicted molar refractivity (Wildman–Crippen MR) is 164 cm³/mol. The van der Waals surface area contributed by atoms with E-state index in [1.165, 1.54) is 25.0 Å². The SMILES string of the molecule is COc1cc([C@@H](O)[C@@H](CC2Cc3ccccc3C2)Cn2ccc(CC(=O)NS(=O)(=O)c3c(C)noc3C)c2)cc(OC)c1C. The number of benzene rings is 2. The number of nitrogens with one attached hydrogen (secondary N) is 1. The molecular formula is C33H39N3O7S. The number of ether oxygens (including phenoxy) is 2. The summed E-state index contributed by atoms with van der Waals surface area (Å²) >= 11 is 0. The molecule has 0 aliphatic heterocycles. The van der Waals surface area contributed by atoms with Gasteiger partial charge in [0.2, 0.25) is 5.91 Å². The van der Waals surface area contributed by atoms with Crippen LogP contribution in [0.15, 0.2) is 64.3 Å². The number of carbonyl (C=O) groups excluding carboxylic acids is 1. The molecule has 11 heteroatoms. The number of sulfonamides is 1. The van der Waals surface area contributed by atoms with Crippen LogP contribution in [0.25, 0.3) is 0 Å². The third-order valence-electron chi connectivity index (χ3n) is 8.44. The van der Waals surface area contributed by atoms with Gasteiger partial charge in [0.05, 0.1) is 26.7 Å². The summed E-state index contributed by atoms with van der Waals surface area (Å²) in [6.07, 6.45) is 5.42. The van der Waals surface area contributed by atoms with Gasteiger partial charge in [-0.15, -0.1) is 0 Å². The van der Waals surface area contributed by atoms with Gasteiger partial charge in [-0.1, -0.05) is 29.4 Å². The van der Waals surface area contributed by atoms with Crippen molar-refractivity contribution in [3.05, 3.63) is 94.1 Å². The van der Waals surface area contributed by atoms with Crippen molar-refractivity contribution in [2.75, 3.05) is 14.2 Å². The fourth-order valence-corrected chi connectivity index (χ4v) is 7.67. The van der Waals surface area contributed by atoms with E-state index in [0.29, 0.717) is 35.1 Å². The number of carbonyl (C=O) groups is 1. The first-order chi connectivity index (χ1) is 21.0. The number of aryl methyl sites for hydroxylation is 2. The van der Waals surface area contributed by atoms with Gasteiger partial charge < -0.3 is 23.7 Å². The van der Waals surface area contributed by atoms with Crippen LogP contribution in [0.4, 0.5) is 0 Å². The Bertz CT molecular complexity index is 1690. The van der Waals surface area contributed by atoms with Gasteiger partial charge in [-0.3, -0.25) is 4.79 Å². The number of methoxy groups -OCH3 is 2. The second-order valence-electron chi connectivity index (χ2n) is 11.6. The Kier molecular flexibility index (Phi) is 9.17. The van der Waals surface area contributed by atoms with Crippen LogP contribution in [0, 0.1) is 32.6 Å². The fraction of sp³-hybridized carbons (Fsp3) is 0.394. The van der Waals surface area contributed by atoms with Crippen LogP contribution in [0.5, 0.6) is 11.5 Å². The molecule has 1 amide bonds. The van der Waals surface area contributed by atoms with Crippen molar-refractivity contribution < 1.29 is 32.3 Å². The maximum atomic E-state index is 12.8.